The maximum absolute atomic E-state index is 2.41. The number of hydrogen-bond acceptors (Lipinski definition) is 4. The molecule has 0 N–H and O–H groups in total. The Kier molecular flexibility index (Phi) is 13.7. The van der Waals surface area contributed by atoms with E-state index >= 15 is 0 Å². The first-order chi connectivity index (χ1) is 37.7. The Morgan fingerprint density at radius 1 is 0.171 bits per heavy atom. The number of nitrogens with zero attached hydrogens (tertiary/aromatic N) is 4. The van der Waals surface area contributed by atoms with Crippen LogP contribution < -0.4 is 19.6 Å². The molecular formula is C72H56N4. The highest BCUT2D eigenvalue weighted by molar-refractivity contribution is 5.83. The first kappa shape index (κ1) is 47.1. The van der Waals surface area contributed by atoms with E-state index in [0.717, 1.165) is 86.5 Å². The fraction of sp³-hybridized carbons (Fsp3) is 0.0278. The average Bonchev–Trinajstić information content (AvgIpc) is 3.50. The second-order valence-electron chi connectivity index (χ2n) is 18.9. The Hall–Kier alpha value is -9.90. The summed E-state index contributed by atoms with van der Waals surface area (Å²) in [6, 6.07) is 108. The van der Waals surface area contributed by atoms with Crippen molar-refractivity contribution in [2.45, 2.75) is 12.8 Å². The van der Waals surface area contributed by atoms with Crippen molar-refractivity contribution >= 4 is 68.1 Å². The van der Waals surface area contributed by atoms with Crippen LogP contribution in [0.4, 0.5) is 62.6 Å². The zero-order chi connectivity index (χ0) is 50.9. The van der Waals surface area contributed by atoms with Crippen molar-refractivity contribution in [1.82, 2.24) is 0 Å². The number of benzene rings is 11. The van der Waals surface area contributed by atoms with Crippen LogP contribution in [0.5, 0.6) is 0 Å². The monoisotopic (exact) mass is 976 g/mol. The number of allylic oxidation sites excluding steroid dienone is 4. The van der Waals surface area contributed by atoms with Crippen LogP contribution in [0.1, 0.15) is 18.4 Å². The Labute approximate surface area is 447 Å². The summed E-state index contributed by atoms with van der Waals surface area (Å²) in [5.74, 6) is 0. The number of anilines is 11. The summed E-state index contributed by atoms with van der Waals surface area (Å²) in [5, 5.41) is 0. The SMILES string of the molecule is C1=C(c2ccc(N(c3ccccc3)c3ccccc3)cc2)CCC(N(c2ccccc2)c2ccc(-c3ccc(N(c4ccccc4)c4ccc(-c5ccc(N(c6ccccc6)c6ccccc6)cc5)cc4)cc3)cc2)=C1. The van der Waals surface area contributed by atoms with E-state index in [1.165, 1.54) is 28.0 Å². The molecule has 0 unspecified atom stereocenters. The minimum Gasteiger partial charge on any atom is -0.314 e. The lowest BCUT2D eigenvalue weighted by Gasteiger charge is -2.30. The molecule has 0 amide bonds. The highest BCUT2D eigenvalue weighted by Crippen LogP contribution is 2.42. The quantitative estimate of drug-likeness (QED) is 0.101. The van der Waals surface area contributed by atoms with E-state index in [9.17, 15) is 0 Å². The van der Waals surface area contributed by atoms with Crippen molar-refractivity contribution < 1.29 is 0 Å². The molecule has 0 aliphatic heterocycles. The third kappa shape index (κ3) is 10.2. The Balaban J connectivity index is 0.770. The molecule has 0 fully saturated rings. The fourth-order valence-electron chi connectivity index (χ4n) is 10.4. The van der Waals surface area contributed by atoms with E-state index in [1.807, 2.05) is 0 Å². The lowest BCUT2D eigenvalue weighted by Crippen LogP contribution is -2.17. The normalized spacial score (nSPS) is 12.0. The Morgan fingerprint density at radius 2 is 0.382 bits per heavy atom. The number of hydrogen-bond donors (Lipinski definition) is 0. The predicted octanol–water partition coefficient (Wildman–Crippen LogP) is 20.3. The first-order valence-corrected chi connectivity index (χ1v) is 26.1. The van der Waals surface area contributed by atoms with Crippen LogP contribution in [-0.2, 0) is 0 Å². The molecular weight excluding hydrogens is 921 g/mol. The zero-order valence-electron chi connectivity index (χ0n) is 42.2. The highest BCUT2D eigenvalue weighted by Gasteiger charge is 2.20. The van der Waals surface area contributed by atoms with Gasteiger partial charge < -0.3 is 19.6 Å². The highest BCUT2D eigenvalue weighted by atomic mass is 15.2. The van der Waals surface area contributed by atoms with Gasteiger partial charge in [-0.15, -0.1) is 0 Å². The van der Waals surface area contributed by atoms with Crippen LogP contribution in [-0.4, -0.2) is 0 Å². The molecule has 1 aliphatic carbocycles. The van der Waals surface area contributed by atoms with Gasteiger partial charge in [-0.05, 0) is 186 Å². The van der Waals surface area contributed by atoms with E-state index < -0.39 is 0 Å². The van der Waals surface area contributed by atoms with Crippen molar-refractivity contribution in [2.75, 3.05) is 19.6 Å². The molecule has 0 bridgehead atoms. The summed E-state index contributed by atoms with van der Waals surface area (Å²) in [4.78, 5) is 9.34. The summed E-state index contributed by atoms with van der Waals surface area (Å²) in [6.45, 7) is 0. The van der Waals surface area contributed by atoms with Gasteiger partial charge in [-0.2, -0.15) is 0 Å². The second-order valence-corrected chi connectivity index (χ2v) is 18.9. The second kappa shape index (κ2) is 22.1. The summed E-state index contributed by atoms with van der Waals surface area (Å²) >= 11 is 0. The molecule has 0 heterocycles. The van der Waals surface area contributed by atoms with Crippen LogP contribution in [0.3, 0.4) is 0 Å². The van der Waals surface area contributed by atoms with E-state index in [2.05, 4.69) is 335 Å². The van der Waals surface area contributed by atoms with Gasteiger partial charge in [0.2, 0.25) is 0 Å². The molecule has 0 saturated carbocycles. The predicted molar refractivity (Wildman–Crippen MR) is 322 cm³/mol. The minimum atomic E-state index is 0.919. The lowest BCUT2D eigenvalue weighted by atomic mass is 9.94. The standard InChI is InChI=1S/C72H56N4/c1-7-19-61(20-8-1)73(62-21-9-2-10-22-62)67-43-31-55(32-44-67)57-35-47-69(48-36-57)75(65-27-15-5-16-28-65)71-51-39-59(40-52-71)60-41-53-72(54-42-60)76(66-29-17-6-18-30-66)70-49-37-58(38-50-70)56-33-45-68(46-34-56)74(63-23-11-3-12-24-63)64-25-13-4-14-26-64/h1-37,39-49,51-54H,38,50H2. The lowest BCUT2D eigenvalue weighted by molar-refractivity contribution is 0.930. The van der Waals surface area contributed by atoms with Gasteiger partial charge in [0.05, 0.1) is 0 Å². The van der Waals surface area contributed by atoms with Crippen molar-refractivity contribution in [3.8, 4) is 22.3 Å². The number of rotatable bonds is 15. The largest absolute Gasteiger partial charge is 0.314 e. The van der Waals surface area contributed by atoms with Crippen molar-refractivity contribution in [3.05, 3.63) is 327 Å². The van der Waals surface area contributed by atoms with Crippen LogP contribution in [0.25, 0.3) is 27.8 Å². The van der Waals surface area contributed by atoms with E-state index in [1.54, 1.807) is 0 Å². The molecule has 364 valence electrons. The smallest absolute Gasteiger partial charge is 0.0462 e. The van der Waals surface area contributed by atoms with Crippen LogP contribution >= 0.6 is 0 Å². The zero-order valence-corrected chi connectivity index (χ0v) is 42.2. The van der Waals surface area contributed by atoms with Crippen LogP contribution in [0.15, 0.2) is 321 Å². The first-order valence-electron chi connectivity index (χ1n) is 26.1. The summed E-state index contributed by atoms with van der Waals surface area (Å²) in [5.41, 5.74) is 20.9. The molecule has 0 atom stereocenters. The molecule has 0 radical (unpaired) electrons. The molecule has 4 heteroatoms. The maximum Gasteiger partial charge on any atom is 0.0462 e. The van der Waals surface area contributed by atoms with Crippen molar-refractivity contribution in [2.24, 2.45) is 0 Å². The Morgan fingerprint density at radius 3 is 0.618 bits per heavy atom. The summed E-state index contributed by atoms with van der Waals surface area (Å²) in [6.07, 6.45) is 6.48. The van der Waals surface area contributed by atoms with Gasteiger partial charge in [-0.1, -0.05) is 176 Å². The molecule has 0 aromatic heterocycles. The van der Waals surface area contributed by atoms with Gasteiger partial charge in [0.1, 0.15) is 0 Å². The molecule has 1 aliphatic rings. The molecule has 4 nitrogen and oxygen atoms in total. The van der Waals surface area contributed by atoms with E-state index in [-0.39, 0.29) is 0 Å². The minimum absolute atomic E-state index is 0.919. The van der Waals surface area contributed by atoms with E-state index in [4.69, 9.17) is 0 Å². The summed E-state index contributed by atoms with van der Waals surface area (Å²) < 4.78 is 0. The van der Waals surface area contributed by atoms with Crippen molar-refractivity contribution in [3.63, 3.8) is 0 Å². The summed E-state index contributed by atoms with van der Waals surface area (Å²) in [7, 11) is 0. The van der Waals surface area contributed by atoms with Gasteiger partial charge in [-0.25, -0.2) is 0 Å². The van der Waals surface area contributed by atoms with Gasteiger partial charge in [0.15, 0.2) is 0 Å². The van der Waals surface area contributed by atoms with E-state index in [0.29, 0.717) is 0 Å². The molecule has 12 rings (SSSR count). The van der Waals surface area contributed by atoms with Gasteiger partial charge in [-0.3, -0.25) is 0 Å². The molecule has 11 aromatic carbocycles. The topological polar surface area (TPSA) is 13.0 Å². The fourth-order valence-corrected chi connectivity index (χ4v) is 10.4. The molecule has 11 aromatic rings. The Bertz CT molecular complexity index is 3600. The third-order valence-corrected chi connectivity index (χ3v) is 14.2. The van der Waals surface area contributed by atoms with Crippen LogP contribution in [0.2, 0.25) is 0 Å². The molecule has 76 heavy (non-hydrogen) atoms. The van der Waals surface area contributed by atoms with Crippen LogP contribution in [0, 0.1) is 0 Å². The van der Waals surface area contributed by atoms with Crippen molar-refractivity contribution in [1.29, 1.82) is 0 Å². The number of para-hydroxylation sites is 6. The average molecular weight is 977 g/mol. The molecule has 0 spiro atoms. The third-order valence-electron chi connectivity index (χ3n) is 14.2. The van der Waals surface area contributed by atoms with Gasteiger partial charge >= 0.3 is 0 Å². The molecule has 0 saturated heterocycles. The van der Waals surface area contributed by atoms with Gasteiger partial charge in [0, 0.05) is 68.3 Å². The maximum atomic E-state index is 2.41. The van der Waals surface area contributed by atoms with Gasteiger partial charge in [0.25, 0.3) is 0 Å².